The maximum Gasteiger partial charge on any atom is 0.258 e. The van der Waals surface area contributed by atoms with Crippen LogP contribution in [0.5, 0.6) is 11.5 Å². The number of nitrogens with one attached hydrogen (secondary N) is 3. The monoisotopic (exact) mass is 408 g/mol. The SMILES string of the molecule is COc1ccc(OCC(=O)NCCNc2ccc(Nc3cc(C)ccn3)nn2)cc1. The van der Waals surface area contributed by atoms with E-state index in [1.165, 1.54) is 0 Å². The summed E-state index contributed by atoms with van der Waals surface area (Å²) in [5.41, 5.74) is 1.11. The summed E-state index contributed by atoms with van der Waals surface area (Å²) >= 11 is 0. The van der Waals surface area contributed by atoms with Crippen molar-refractivity contribution in [3.8, 4) is 11.5 Å². The third-order valence-electron chi connectivity index (χ3n) is 4.02. The van der Waals surface area contributed by atoms with Gasteiger partial charge in [0.15, 0.2) is 12.4 Å². The Morgan fingerprint density at radius 3 is 2.37 bits per heavy atom. The number of benzene rings is 1. The van der Waals surface area contributed by atoms with Gasteiger partial charge >= 0.3 is 0 Å². The summed E-state index contributed by atoms with van der Waals surface area (Å²) in [6.07, 6.45) is 1.73. The van der Waals surface area contributed by atoms with Crippen LogP contribution in [0.2, 0.25) is 0 Å². The molecule has 9 heteroatoms. The highest BCUT2D eigenvalue weighted by Gasteiger charge is 2.03. The maximum absolute atomic E-state index is 11.9. The van der Waals surface area contributed by atoms with Crippen molar-refractivity contribution in [1.29, 1.82) is 0 Å². The van der Waals surface area contributed by atoms with Crippen LogP contribution in [-0.2, 0) is 4.79 Å². The zero-order valence-electron chi connectivity index (χ0n) is 16.9. The number of pyridine rings is 1. The quantitative estimate of drug-likeness (QED) is 0.439. The molecule has 2 aromatic heterocycles. The Bertz CT molecular complexity index is 948. The number of methoxy groups -OCH3 is 1. The molecular weight excluding hydrogens is 384 g/mol. The first kappa shape index (κ1) is 20.8. The molecule has 2 heterocycles. The average Bonchev–Trinajstić information content (AvgIpc) is 2.77. The minimum Gasteiger partial charge on any atom is -0.497 e. The number of anilines is 3. The second-order valence-corrected chi connectivity index (χ2v) is 6.39. The molecule has 0 bridgehead atoms. The molecule has 0 aliphatic heterocycles. The minimum absolute atomic E-state index is 0.0561. The molecule has 3 aromatic rings. The van der Waals surface area contributed by atoms with Crippen LogP contribution in [0.4, 0.5) is 17.5 Å². The molecule has 0 aliphatic carbocycles. The molecule has 0 atom stereocenters. The summed E-state index contributed by atoms with van der Waals surface area (Å²) in [6, 6.07) is 14.5. The first-order chi connectivity index (χ1) is 14.6. The van der Waals surface area contributed by atoms with Gasteiger partial charge in [-0.3, -0.25) is 4.79 Å². The van der Waals surface area contributed by atoms with Gasteiger partial charge in [0.2, 0.25) is 0 Å². The van der Waals surface area contributed by atoms with Crippen LogP contribution in [-0.4, -0.2) is 47.9 Å². The second kappa shape index (κ2) is 10.6. The van der Waals surface area contributed by atoms with Gasteiger partial charge in [-0.2, -0.15) is 0 Å². The summed E-state index contributed by atoms with van der Waals surface area (Å²) in [6.45, 7) is 2.88. The van der Waals surface area contributed by atoms with Gasteiger partial charge in [0.25, 0.3) is 5.91 Å². The van der Waals surface area contributed by atoms with Crippen LogP contribution in [0.15, 0.2) is 54.7 Å². The summed E-state index contributed by atoms with van der Waals surface area (Å²) in [4.78, 5) is 16.1. The van der Waals surface area contributed by atoms with E-state index in [0.717, 1.165) is 11.3 Å². The summed E-state index contributed by atoms with van der Waals surface area (Å²) in [7, 11) is 1.59. The maximum atomic E-state index is 11.9. The lowest BCUT2D eigenvalue weighted by molar-refractivity contribution is -0.123. The van der Waals surface area contributed by atoms with Crippen molar-refractivity contribution in [1.82, 2.24) is 20.5 Å². The highest BCUT2D eigenvalue weighted by molar-refractivity contribution is 5.77. The van der Waals surface area contributed by atoms with E-state index >= 15 is 0 Å². The molecule has 0 unspecified atom stereocenters. The molecule has 9 nitrogen and oxygen atoms in total. The van der Waals surface area contributed by atoms with Crippen molar-refractivity contribution in [2.24, 2.45) is 0 Å². The van der Waals surface area contributed by atoms with E-state index in [9.17, 15) is 4.79 Å². The molecule has 1 amide bonds. The molecule has 3 N–H and O–H groups in total. The number of carbonyl (C=O) groups is 1. The highest BCUT2D eigenvalue weighted by atomic mass is 16.5. The van der Waals surface area contributed by atoms with Gasteiger partial charge in [0.1, 0.15) is 23.1 Å². The van der Waals surface area contributed by atoms with Gasteiger partial charge in [-0.15, -0.1) is 10.2 Å². The average molecular weight is 408 g/mol. The standard InChI is InChI=1S/C21H24N6O3/c1-15-9-10-22-20(13-15)25-19-8-7-18(26-27-19)23-11-12-24-21(28)14-30-17-5-3-16(29-2)4-6-17/h3-10,13H,11-12,14H2,1-2H3,(H,23,26)(H,24,28)(H,22,25,27). The molecule has 1 aromatic carbocycles. The Kier molecular flexibility index (Phi) is 7.37. The van der Waals surface area contributed by atoms with Crippen LogP contribution in [0.25, 0.3) is 0 Å². The molecular formula is C21H24N6O3. The largest absolute Gasteiger partial charge is 0.497 e. The van der Waals surface area contributed by atoms with Crippen LogP contribution >= 0.6 is 0 Å². The third kappa shape index (κ3) is 6.62. The predicted octanol–water partition coefficient (Wildman–Crippen LogP) is 2.54. The van der Waals surface area contributed by atoms with Crippen molar-refractivity contribution in [3.63, 3.8) is 0 Å². The number of nitrogens with zero attached hydrogens (tertiary/aromatic N) is 3. The van der Waals surface area contributed by atoms with Crippen molar-refractivity contribution in [2.75, 3.05) is 37.4 Å². The molecule has 0 fully saturated rings. The van der Waals surface area contributed by atoms with Crippen molar-refractivity contribution in [2.45, 2.75) is 6.92 Å². The van der Waals surface area contributed by atoms with E-state index in [1.807, 2.05) is 19.1 Å². The Balaban J connectivity index is 1.34. The van der Waals surface area contributed by atoms with E-state index in [2.05, 4.69) is 31.1 Å². The van der Waals surface area contributed by atoms with Crippen molar-refractivity contribution < 1.29 is 14.3 Å². The smallest absolute Gasteiger partial charge is 0.258 e. The fourth-order valence-electron chi connectivity index (χ4n) is 2.49. The predicted molar refractivity (Wildman–Crippen MR) is 114 cm³/mol. The second-order valence-electron chi connectivity index (χ2n) is 6.39. The number of hydrogen-bond acceptors (Lipinski definition) is 8. The fraction of sp³-hybridized carbons (Fsp3) is 0.238. The molecule has 0 saturated heterocycles. The number of carbonyl (C=O) groups excluding carboxylic acids is 1. The lowest BCUT2D eigenvalue weighted by atomic mass is 10.3. The van der Waals surface area contributed by atoms with Crippen LogP contribution in [0, 0.1) is 6.92 Å². The first-order valence-electron chi connectivity index (χ1n) is 9.43. The first-order valence-corrected chi connectivity index (χ1v) is 9.43. The Labute approximate surface area is 174 Å². The molecule has 156 valence electrons. The number of amides is 1. The van der Waals surface area contributed by atoms with Crippen LogP contribution < -0.4 is 25.4 Å². The molecule has 0 spiro atoms. The normalized spacial score (nSPS) is 10.2. The zero-order valence-corrected chi connectivity index (χ0v) is 16.9. The lowest BCUT2D eigenvalue weighted by Crippen LogP contribution is -2.32. The third-order valence-corrected chi connectivity index (χ3v) is 4.02. The minimum atomic E-state index is -0.205. The topological polar surface area (TPSA) is 110 Å². The van der Waals surface area contributed by atoms with Gasteiger partial charge in [-0.25, -0.2) is 4.98 Å². The number of hydrogen-bond donors (Lipinski definition) is 3. The molecule has 30 heavy (non-hydrogen) atoms. The Morgan fingerprint density at radius 1 is 0.933 bits per heavy atom. The van der Waals surface area contributed by atoms with Crippen LogP contribution in [0.3, 0.4) is 0 Å². The van der Waals surface area contributed by atoms with Gasteiger partial charge in [-0.1, -0.05) is 0 Å². The van der Waals surface area contributed by atoms with E-state index in [0.29, 0.717) is 36.3 Å². The fourth-order valence-corrected chi connectivity index (χ4v) is 2.49. The summed E-state index contributed by atoms with van der Waals surface area (Å²) < 4.78 is 10.5. The molecule has 0 radical (unpaired) electrons. The van der Waals surface area contributed by atoms with Gasteiger partial charge in [-0.05, 0) is 61.0 Å². The zero-order chi connectivity index (χ0) is 21.2. The lowest BCUT2D eigenvalue weighted by Gasteiger charge is -2.09. The van der Waals surface area contributed by atoms with E-state index in [1.54, 1.807) is 49.7 Å². The molecule has 0 saturated carbocycles. The number of aromatic nitrogens is 3. The van der Waals surface area contributed by atoms with Crippen molar-refractivity contribution in [3.05, 3.63) is 60.3 Å². The Morgan fingerprint density at radius 2 is 1.67 bits per heavy atom. The number of ether oxygens (including phenoxy) is 2. The van der Waals surface area contributed by atoms with E-state index < -0.39 is 0 Å². The van der Waals surface area contributed by atoms with Gasteiger partial charge in [0.05, 0.1) is 7.11 Å². The van der Waals surface area contributed by atoms with Crippen LogP contribution in [0.1, 0.15) is 5.56 Å². The Hall–Kier alpha value is -3.88. The number of aryl methyl sites for hydroxylation is 1. The van der Waals surface area contributed by atoms with E-state index in [4.69, 9.17) is 9.47 Å². The molecule has 3 rings (SSSR count). The van der Waals surface area contributed by atoms with Gasteiger partial charge in [0, 0.05) is 19.3 Å². The molecule has 0 aliphatic rings. The summed E-state index contributed by atoms with van der Waals surface area (Å²) in [5.74, 6) is 3.06. The highest BCUT2D eigenvalue weighted by Crippen LogP contribution is 2.16. The van der Waals surface area contributed by atoms with E-state index in [-0.39, 0.29) is 12.5 Å². The summed E-state index contributed by atoms with van der Waals surface area (Å²) in [5, 5.41) is 17.2. The van der Waals surface area contributed by atoms with Crippen molar-refractivity contribution >= 4 is 23.4 Å². The number of rotatable bonds is 10. The van der Waals surface area contributed by atoms with Gasteiger partial charge < -0.3 is 25.4 Å².